The van der Waals surface area contributed by atoms with Crippen molar-refractivity contribution in [3.8, 4) is 0 Å². The maximum atomic E-state index is 13.4. The summed E-state index contributed by atoms with van der Waals surface area (Å²) in [6, 6.07) is 6.01. The Morgan fingerprint density at radius 1 is 1.50 bits per heavy atom. The molecule has 1 aromatic heterocycles. The standard InChI is InChI=1S/C12H13ClFN3O/c13-9-2-3-11(14)12(6-9)15-7-10(18)8-17-5-1-4-16-17/h1-6,10,15,18H,7-8H2. The third-order valence-corrected chi connectivity index (χ3v) is 2.65. The van der Waals surface area contributed by atoms with Crippen LogP contribution < -0.4 is 5.32 Å². The third-order valence-electron chi connectivity index (χ3n) is 2.41. The van der Waals surface area contributed by atoms with Crippen molar-refractivity contribution >= 4 is 17.3 Å². The fourth-order valence-corrected chi connectivity index (χ4v) is 1.72. The van der Waals surface area contributed by atoms with Gasteiger partial charge in [-0.05, 0) is 24.3 Å². The Balaban J connectivity index is 1.89. The van der Waals surface area contributed by atoms with Crippen LogP contribution in [0, 0.1) is 5.82 Å². The first-order chi connectivity index (χ1) is 8.65. The van der Waals surface area contributed by atoms with E-state index in [4.69, 9.17) is 11.6 Å². The number of aliphatic hydroxyl groups excluding tert-OH is 1. The molecule has 1 unspecified atom stereocenters. The number of nitrogens with one attached hydrogen (secondary N) is 1. The molecule has 2 N–H and O–H groups in total. The van der Waals surface area contributed by atoms with Crippen molar-refractivity contribution in [3.63, 3.8) is 0 Å². The second-order valence-corrected chi connectivity index (χ2v) is 4.32. The van der Waals surface area contributed by atoms with Crippen molar-refractivity contribution in [2.75, 3.05) is 11.9 Å². The van der Waals surface area contributed by atoms with Gasteiger partial charge < -0.3 is 10.4 Å². The van der Waals surface area contributed by atoms with Gasteiger partial charge in [0, 0.05) is 24.0 Å². The Labute approximate surface area is 109 Å². The predicted molar refractivity (Wildman–Crippen MR) is 68.1 cm³/mol. The van der Waals surface area contributed by atoms with E-state index in [1.54, 1.807) is 23.1 Å². The molecule has 0 fully saturated rings. The zero-order chi connectivity index (χ0) is 13.0. The lowest BCUT2D eigenvalue weighted by Gasteiger charge is -2.13. The van der Waals surface area contributed by atoms with Crippen LogP contribution in [0.2, 0.25) is 5.02 Å². The fourth-order valence-electron chi connectivity index (χ4n) is 1.55. The number of anilines is 1. The van der Waals surface area contributed by atoms with Crippen LogP contribution in [-0.4, -0.2) is 27.5 Å². The summed E-state index contributed by atoms with van der Waals surface area (Å²) in [7, 11) is 0. The normalized spacial score (nSPS) is 12.4. The molecular formula is C12H13ClFN3O. The Morgan fingerprint density at radius 3 is 3.06 bits per heavy atom. The summed E-state index contributed by atoms with van der Waals surface area (Å²) in [5.41, 5.74) is 0.280. The highest BCUT2D eigenvalue weighted by Gasteiger charge is 2.07. The van der Waals surface area contributed by atoms with Gasteiger partial charge in [0.05, 0.1) is 18.3 Å². The van der Waals surface area contributed by atoms with Crippen molar-refractivity contribution in [1.29, 1.82) is 0 Å². The van der Waals surface area contributed by atoms with Crippen LogP contribution in [0.5, 0.6) is 0 Å². The van der Waals surface area contributed by atoms with E-state index in [2.05, 4.69) is 10.4 Å². The summed E-state index contributed by atoms with van der Waals surface area (Å²) in [4.78, 5) is 0. The lowest BCUT2D eigenvalue weighted by molar-refractivity contribution is 0.161. The number of hydrogen-bond donors (Lipinski definition) is 2. The van der Waals surface area contributed by atoms with Crippen LogP contribution in [-0.2, 0) is 6.54 Å². The van der Waals surface area contributed by atoms with Crippen molar-refractivity contribution in [2.24, 2.45) is 0 Å². The molecule has 0 radical (unpaired) electrons. The van der Waals surface area contributed by atoms with Gasteiger partial charge in [0.2, 0.25) is 0 Å². The molecule has 4 nitrogen and oxygen atoms in total. The molecule has 0 aliphatic heterocycles. The largest absolute Gasteiger partial charge is 0.389 e. The van der Waals surface area contributed by atoms with E-state index in [0.717, 1.165) is 0 Å². The van der Waals surface area contributed by atoms with Gasteiger partial charge in [-0.15, -0.1) is 0 Å². The van der Waals surface area contributed by atoms with Crippen LogP contribution in [0.3, 0.4) is 0 Å². The molecule has 2 aromatic rings. The average molecular weight is 270 g/mol. The molecule has 2 rings (SSSR count). The number of benzene rings is 1. The van der Waals surface area contributed by atoms with Crippen LogP contribution in [0.4, 0.5) is 10.1 Å². The lowest BCUT2D eigenvalue weighted by atomic mass is 10.3. The third kappa shape index (κ3) is 3.45. The molecule has 96 valence electrons. The minimum absolute atomic E-state index is 0.219. The first kappa shape index (κ1) is 12.9. The van der Waals surface area contributed by atoms with Crippen molar-refractivity contribution in [1.82, 2.24) is 9.78 Å². The number of rotatable bonds is 5. The predicted octanol–water partition coefficient (Wildman–Crippen LogP) is 2.15. The molecule has 0 saturated carbocycles. The SMILES string of the molecule is OC(CNc1cc(Cl)ccc1F)Cn1cccn1. The summed E-state index contributed by atoms with van der Waals surface area (Å²) in [5, 5.41) is 17.0. The summed E-state index contributed by atoms with van der Waals surface area (Å²) in [6.45, 7) is 0.569. The summed E-state index contributed by atoms with van der Waals surface area (Å²) in [5.74, 6) is -0.398. The molecule has 0 bridgehead atoms. The van der Waals surface area contributed by atoms with Gasteiger partial charge in [0.1, 0.15) is 5.82 Å². The van der Waals surface area contributed by atoms with E-state index in [1.165, 1.54) is 18.2 Å². The number of aliphatic hydroxyl groups is 1. The number of hydrogen-bond acceptors (Lipinski definition) is 3. The number of nitrogens with zero attached hydrogens (tertiary/aromatic N) is 2. The molecule has 1 heterocycles. The van der Waals surface area contributed by atoms with E-state index >= 15 is 0 Å². The lowest BCUT2D eigenvalue weighted by Crippen LogP contribution is -2.25. The van der Waals surface area contributed by atoms with E-state index in [-0.39, 0.29) is 12.2 Å². The highest BCUT2D eigenvalue weighted by Crippen LogP contribution is 2.19. The average Bonchev–Trinajstić information content (AvgIpc) is 2.83. The van der Waals surface area contributed by atoms with Gasteiger partial charge in [-0.2, -0.15) is 5.10 Å². The zero-order valence-electron chi connectivity index (χ0n) is 9.55. The smallest absolute Gasteiger partial charge is 0.146 e. The second-order valence-electron chi connectivity index (χ2n) is 3.89. The van der Waals surface area contributed by atoms with Crippen molar-refractivity contribution in [2.45, 2.75) is 12.6 Å². The molecule has 0 aliphatic rings. The van der Waals surface area contributed by atoms with E-state index in [9.17, 15) is 9.50 Å². The van der Waals surface area contributed by atoms with Crippen molar-refractivity contribution in [3.05, 3.63) is 47.5 Å². The fraction of sp³-hybridized carbons (Fsp3) is 0.250. The highest BCUT2D eigenvalue weighted by molar-refractivity contribution is 6.30. The highest BCUT2D eigenvalue weighted by atomic mass is 35.5. The zero-order valence-corrected chi connectivity index (χ0v) is 10.3. The molecule has 0 spiro atoms. The molecule has 6 heteroatoms. The molecule has 1 aromatic carbocycles. The van der Waals surface area contributed by atoms with E-state index in [1.807, 2.05) is 0 Å². The summed E-state index contributed by atoms with van der Waals surface area (Å²) < 4.78 is 15.0. The van der Waals surface area contributed by atoms with Crippen LogP contribution in [0.1, 0.15) is 0 Å². The Hall–Kier alpha value is -1.59. The molecule has 0 amide bonds. The second kappa shape index (κ2) is 5.84. The Bertz CT molecular complexity index is 504. The first-order valence-corrected chi connectivity index (χ1v) is 5.87. The van der Waals surface area contributed by atoms with E-state index < -0.39 is 11.9 Å². The maximum absolute atomic E-state index is 13.4. The van der Waals surface area contributed by atoms with Gasteiger partial charge in [-0.25, -0.2) is 4.39 Å². The minimum atomic E-state index is -0.664. The number of aromatic nitrogens is 2. The van der Waals surface area contributed by atoms with Crippen LogP contribution in [0.25, 0.3) is 0 Å². The van der Waals surface area contributed by atoms with Gasteiger partial charge in [0.15, 0.2) is 0 Å². The van der Waals surface area contributed by atoms with Gasteiger partial charge in [0.25, 0.3) is 0 Å². The summed E-state index contributed by atoms with van der Waals surface area (Å²) in [6.07, 6.45) is 2.73. The van der Waals surface area contributed by atoms with Gasteiger partial charge >= 0.3 is 0 Å². The monoisotopic (exact) mass is 269 g/mol. The van der Waals surface area contributed by atoms with Crippen LogP contribution in [0.15, 0.2) is 36.7 Å². The molecule has 0 saturated heterocycles. The molecule has 0 aliphatic carbocycles. The first-order valence-electron chi connectivity index (χ1n) is 5.49. The molecular weight excluding hydrogens is 257 g/mol. The summed E-state index contributed by atoms with van der Waals surface area (Å²) >= 11 is 5.76. The molecule has 1 atom stereocenters. The Kier molecular flexibility index (Phi) is 4.17. The quantitative estimate of drug-likeness (QED) is 0.874. The van der Waals surface area contributed by atoms with Crippen LogP contribution >= 0.6 is 11.6 Å². The maximum Gasteiger partial charge on any atom is 0.146 e. The topological polar surface area (TPSA) is 50.1 Å². The van der Waals surface area contributed by atoms with Gasteiger partial charge in [-0.3, -0.25) is 4.68 Å². The minimum Gasteiger partial charge on any atom is -0.389 e. The van der Waals surface area contributed by atoms with Gasteiger partial charge in [-0.1, -0.05) is 11.6 Å². The van der Waals surface area contributed by atoms with Crippen molar-refractivity contribution < 1.29 is 9.50 Å². The Morgan fingerprint density at radius 2 is 2.33 bits per heavy atom. The number of halogens is 2. The molecule has 18 heavy (non-hydrogen) atoms. The van der Waals surface area contributed by atoms with E-state index in [0.29, 0.717) is 11.6 Å².